The van der Waals surface area contributed by atoms with Gasteiger partial charge in [0.25, 0.3) is 5.69 Å². The summed E-state index contributed by atoms with van der Waals surface area (Å²) >= 11 is 0. The smallest absolute Gasteiger partial charge is 0.338 e. The Morgan fingerprint density at radius 3 is 2.34 bits per heavy atom. The molecule has 2 rings (SSSR count). The summed E-state index contributed by atoms with van der Waals surface area (Å²) in [5.74, 6) is -0.727. The van der Waals surface area contributed by atoms with Crippen LogP contribution in [0.3, 0.4) is 0 Å². The maximum Gasteiger partial charge on any atom is 0.338 e. The number of benzene rings is 2. The molecule has 0 bridgehead atoms. The van der Waals surface area contributed by atoms with Crippen LogP contribution in [-0.4, -0.2) is 37.7 Å². The van der Waals surface area contributed by atoms with Crippen molar-refractivity contribution in [3.8, 4) is 0 Å². The summed E-state index contributed by atoms with van der Waals surface area (Å²) in [5, 5.41) is 11.4. The molecule has 29 heavy (non-hydrogen) atoms. The van der Waals surface area contributed by atoms with Crippen molar-refractivity contribution in [2.24, 2.45) is 0 Å². The molecule has 0 spiro atoms. The first-order valence-corrected chi connectivity index (χ1v) is 10.3. The van der Waals surface area contributed by atoms with Gasteiger partial charge in [-0.3, -0.25) is 10.1 Å². The second kappa shape index (κ2) is 8.30. The average molecular weight is 420 g/mol. The van der Waals surface area contributed by atoms with Crippen molar-refractivity contribution in [3.05, 3.63) is 69.3 Å². The SMILES string of the molecule is CN(C)S(=O)(=O)c1cccc(COC(=O)c2ccc(C(C)(C)C)c([N+](=O)[O-])c2)c1. The molecule has 2 aromatic carbocycles. The van der Waals surface area contributed by atoms with Crippen molar-refractivity contribution in [2.75, 3.05) is 14.1 Å². The number of nitro groups is 1. The number of carbonyl (C=O) groups is 1. The first-order valence-electron chi connectivity index (χ1n) is 8.81. The van der Waals surface area contributed by atoms with E-state index in [2.05, 4.69) is 0 Å². The van der Waals surface area contributed by atoms with Crippen LogP contribution in [0.15, 0.2) is 47.4 Å². The van der Waals surface area contributed by atoms with E-state index in [1.54, 1.807) is 18.2 Å². The molecule has 156 valence electrons. The number of carbonyl (C=O) groups excluding carboxylic acids is 1. The van der Waals surface area contributed by atoms with Crippen LogP contribution >= 0.6 is 0 Å². The molecule has 0 aliphatic rings. The van der Waals surface area contributed by atoms with Crippen molar-refractivity contribution in [3.63, 3.8) is 0 Å². The molecule has 0 aliphatic carbocycles. The van der Waals surface area contributed by atoms with E-state index in [4.69, 9.17) is 4.74 Å². The molecule has 0 saturated carbocycles. The molecule has 0 radical (unpaired) electrons. The largest absolute Gasteiger partial charge is 0.457 e. The Kier molecular flexibility index (Phi) is 6.44. The number of ether oxygens (including phenoxy) is 1. The number of nitrogens with zero attached hydrogens (tertiary/aromatic N) is 2. The van der Waals surface area contributed by atoms with Gasteiger partial charge >= 0.3 is 5.97 Å². The van der Waals surface area contributed by atoms with E-state index in [-0.39, 0.29) is 22.8 Å². The normalized spacial score (nSPS) is 12.1. The molecule has 8 nitrogen and oxygen atoms in total. The third-order valence-electron chi connectivity index (χ3n) is 4.29. The second-order valence-electron chi connectivity index (χ2n) is 7.75. The Morgan fingerprint density at radius 1 is 1.14 bits per heavy atom. The highest BCUT2D eigenvalue weighted by molar-refractivity contribution is 7.89. The van der Waals surface area contributed by atoms with Gasteiger partial charge in [0.05, 0.1) is 15.4 Å². The van der Waals surface area contributed by atoms with Crippen LogP contribution in [0.1, 0.15) is 42.3 Å². The van der Waals surface area contributed by atoms with Crippen LogP contribution in [-0.2, 0) is 26.8 Å². The molecule has 0 amide bonds. The maximum absolute atomic E-state index is 12.4. The summed E-state index contributed by atoms with van der Waals surface area (Å²) in [5.41, 5.74) is 0.457. The molecule has 0 unspecified atom stereocenters. The average Bonchev–Trinajstić information content (AvgIpc) is 2.64. The van der Waals surface area contributed by atoms with Gasteiger partial charge in [-0.05, 0) is 29.2 Å². The Balaban J connectivity index is 2.22. The summed E-state index contributed by atoms with van der Waals surface area (Å²) < 4.78 is 30.7. The summed E-state index contributed by atoms with van der Waals surface area (Å²) in [7, 11) is -0.753. The quantitative estimate of drug-likeness (QED) is 0.402. The molecule has 0 aliphatic heterocycles. The van der Waals surface area contributed by atoms with Crippen LogP contribution < -0.4 is 0 Å². The van der Waals surface area contributed by atoms with Gasteiger partial charge < -0.3 is 4.74 Å². The lowest BCUT2D eigenvalue weighted by molar-refractivity contribution is -0.386. The van der Waals surface area contributed by atoms with E-state index in [9.17, 15) is 23.3 Å². The fourth-order valence-corrected chi connectivity index (χ4v) is 3.66. The lowest BCUT2D eigenvalue weighted by atomic mass is 9.85. The van der Waals surface area contributed by atoms with Crippen molar-refractivity contribution in [1.29, 1.82) is 0 Å². The summed E-state index contributed by atoms with van der Waals surface area (Å²) in [6.07, 6.45) is 0. The number of sulfonamides is 1. The van der Waals surface area contributed by atoms with E-state index in [1.807, 2.05) is 20.8 Å². The van der Waals surface area contributed by atoms with Crippen molar-refractivity contribution < 1.29 is 22.9 Å². The van der Waals surface area contributed by atoms with Gasteiger partial charge in [-0.15, -0.1) is 0 Å². The zero-order chi connectivity index (χ0) is 22.0. The highest BCUT2D eigenvalue weighted by Gasteiger charge is 2.26. The lowest BCUT2D eigenvalue weighted by Crippen LogP contribution is -2.22. The molecule has 0 N–H and O–H groups in total. The molecular formula is C20H24N2O6S. The Bertz CT molecular complexity index is 1040. The minimum absolute atomic E-state index is 0.0572. The number of rotatable bonds is 6. The van der Waals surface area contributed by atoms with Gasteiger partial charge in [-0.1, -0.05) is 39.0 Å². The van der Waals surface area contributed by atoms with Gasteiger partial charge in [-0.25, -0.2) is 17.5 Å². The monoisotopic (exact) mass is 420 g/mol. The van der Waals surface area contributed by atoms with Gasteiger partial charge in [0.2, 0.25) is 10.0 Å². The molecule has 0 heterocycles. The van der Waals surface area contributed by atoms with E-state index in [0.29, 0.717) is 11.1 Å². The Labute approximate surface area is 170 Å². The lowest BCUT2D eigenvalue weighted by Gasteiger charge is -2.19. The third-order valence-corrected chi connectivity index (χ3v) is 6.10. The van der Waals surface area contributed by atoms with Crippen LogP contribution in [0.25, 0.3) is 0 Å². The Morgan fingerprint density at radius 2 is 1.79 bits per heavy atom. The minimum Gasteiger partial charge on any atom is -0.457 e. The highest BCUT2D eigenvalue weighted by atomic mass is 32.2. The molecule has 9 heteroatoms. The number of nitro benzene ring substituents is 1. The van der Waals surface area contributed by atoms with E-state index in [0.717, 1.165) is 4.31 Å². The first-order chi connectivity index (χ1) is 13.3. The third kappa shape index (κ3) is 5.18. The van der Waals surface area contributed by atoms with E-state index < -0.39 is 26.3 Å². The standard InChI is InChI=1S/C20H24N2O6S/c1-20(2,3)17-10-9-15(12-18(17)22(24)25)19(23)28-13-14-7-6-8-16(11-14)29(26,27)21(4)5/h6-12H,13H2,1-5H3. The van der Waals surface area contributed by atoms with E-state index in [1.165, 1.54) is 38.4 Å². The number of esters is 1. The fraction of sp³-hybridized carbons (Fsp3) is 0.350. The van der Waals surface area contributed by atoms with Crippen LogP contribution in [0.2, 0.25) is 0 Å². The first kappa shape index (κ1) is 22.5. The van der Waals surface area contributed by atoms with Crippen molar-refractivity contribution >= 4 is 21.7 Å². The summed E-state index contributed by atoms with van der Waals surface area (Å²) in [6.45, 7) is 5.39. The highest BCUT2D eigenvalue weighted by Crippen LogP contribution is 2.32. The van der Waals surface area contributed by atoms with Crippen LogP contribution in [0.5, 0.6) is 0 Å². The molecule has 2 aromatic rings. The minimum atomic E-state index is -3.61. The van der Waals surface area contributed by atoms with Crippen LogP contribution in [0, 0.1) is 10.1 Å². The molecule has 0 fully saturated rings. The Hall–Kier alpha value is -2.78. The zero-order valence-corrected chi connectivity index (χ0v) is 17.8. The van der Waals surface area contributed by atoms with Gasteiger partial charge in [0.1, 0.15) is 6.61 Å². The van der Waals surface area contributed by atoms with Gasteiger partial charge in [-0.2, -0.15) is 0 Å². The summed E-state index contributed by atoms with van der Waals surface area (Å²) in [6, 6.07) is 10.3. The van der Waals surface area contributed by atoms with Crippen LogP contribution in [0.4, 0.5) is 5.69 Å². The predicted octanol–water partition coefficient (Wildman–Crippen LogP) is 3.50. The number of hydrogen-bond donors (Lipinski definition) is 0. The second-order valence-corrected chi connectivity index (χ2v) is 9.90. The van der Waals surface area contributed by atoms with Gasteiger partial charge in [0.15, 0.2) is 0 Å². The van der Waals surface area contributed by atoms with Crippen molar-refractivity contribution in [1.82, 2.24) is 4.31 Å². The van der Waals surface area contributed by atoms with Crippen molar-refractivity contribution in [2.45, 2.75) is 37.7 Å². The fourth-order valence-electron chi connectivity index (χ4n) is 2.68. The molecular weight excluding hydrogens is 396 g/mol. The number of hydrogen-bond acceptors (Lipinski definition) is 6. The predicted molar refractivity (Wildman–Crippen MR) is 108 cm³/mol. The maximum atomic E-state index is 12.4. The summed E-state index contributed by atoms with van der Waals surface area (Å²) in [4.78, 5) is 23.3. The molecule has 0 aromatic heterocycles. The zero-order valence-electron chi connectivity index (χ0n) is 17.0. The molecule has 0 atom stereocenters. The van der Waals surface area contributed by atoms with Gasteiger partial charge in [0, 0.05) is 25.7 Å². The topological polar surface area (TPSA) is 107 Å². The van der Waals surface area contributed by atoms with E-state index >= 15 is 0 Å². The molecule has 0 saturated heterocycles.